The average molecular weight is 279 g/mol. The number of rotatable bonds is 6. The molecule has 1 heterocycles. The molecule has 20 heavy (non-hydrogen) atoms. The molecule has 0 saturated heterocycles. The van der Waals surface area contributed by atoms with Gasteiger partial charge in [0.25, 0.3) is 0 Å². The van der Waals surface area contributed by atoms with Crippen molar-refractivity contribution in [1.82, 2.24) is 5.32 Å². The van der Waals surface area contributed by atoms with Crippen molar-refractivity contribution in [3.8, 4) is 11.5 Å². The first-order valence-electron chi connectivity index (χ1n) is 6.54. The van der Waals surface area contributed by atoms with Crippen LogP contribution in [0.2, 0.25) is 0 Å². The zero-order valence-electron chi connectivity index (χ0n) is 11.5. The van der Waals surface area contributed by atoms with E-state index in [0.29, 0.717) is 36.9 Å². The highest BCUT2D eigenvalue weighted by molar-refractivity contribution is 6.03. The lowest BCUT2D eigenvalue weighted by Gasteiger charge is -2.13. The number of nitro benzene ring substituents is 1. The molecule has 0 aromatic heterocycles. The molecule has 7 heteroatoms. The van der Waals surface area contributed by atoms with Gasteiger partial charge in [-0.2, -0.15) is 0 Å². The highest BCUT2D eigenvalue weighted by Crippen LogP contribution is 2.35. The summed E-state index contributed by atoms with van der Waals surface area (Å²) in [6, 6.07) is 3.01. The van der Waals surface area contributed by atoms with E-state index in [1.54, 1.807) is 13.0 Å². The molecule has 0 radical (unpaired) electrons. The number of benzene rings is 1. The Kier molecular flexibility index (Phi) is 4.39. The van der Waals surface area contributed by atoms with Gasteiger partial charge < -0.3 is 14.8 Å². The van der Waals surface area contributed by atoms with Crippen LogP contribution in [0.1, 0.15) is 19.4 Å². The van der Waals surface area contributed by atoms with Gasteiger partial charge in [-0.3, -0.25) is 15.1 Å². The zero-order chi connectivity index (χ0) is 14.5. The maximum Gasteiger partial charge on any atom is 0.311 e. The first kappa shape index (κ1) is 14.1. The lowest BCUT2D eigenvalue weighted by Crippen LogP contribution is -2.20. The fourth-order valence-electron chi connectivity index (χ4n) is 2.00. The Bertz CT molecular complexity index is 543. The lowest BCUT2D eigenvalue weighted by atomic mass is 10.1. The third kappa shape index (κ3) is 2.81. The van der Waals surface area contributed by atoms with Gasteiger partial charge in [-0.25, -0.2) is 0 Å². The molecule has 0 amide bonds. The monoisotopic (exact) mass is 279 g/mol. The van der Waals surface area contributed by atoms with Crippen LogP contribution in [-0.4, -0.2) is 37.1 Å². The number of hydrogen-bond acceptors (Lipinski definition) is 6. The molecule has 1 N–H and O–H groups in total. The predicted molar refractivity (Wildman–Crippen MR) is 74.8 cm³/mol. The smallest absolute Gasteiger partial charge is 0.311 e. The topological polar surface area (TPSA) is 86.0 Å². The second-order valence-corrected chi connectivity index (χ2v) is 4.10. The van der Waals surface area contributed by atoms with Crippen molar-refractivity contribution < 1.29 is 14.4 Å². The second kappa shape index (κ2) is 6.23. The molecule has 108 valence electrons. The maximum absolute atomic E-state index is 11.2. The summed E-state index contributed by atoms with van der Waals surface area (Å²) in [4.78, 5) is 15.0. The molecule has 1 aliphatic heterocycles. The van der Waals surface area contributed by atoms with Gasteiger partial charge in [0.2, 0.25) is 5.75 Å². The van der Waals surface area contributed by atoms with Crippen molar-refractivity contribution >= 4 is 11.5 Å². The van der Waals surface area contributed by atoms with Crippen molar-refractivity contribution in [2.24, 2.45) is 4.99 Å². The Morgan fingerprint density at radius 1 is 1.30 bits per heavy atom. The predicted octanol–water partition coefficient (Wildman–Crippen LogP) is 1.74. The fourth-order valence-corrected chi connectivity index (χ4v) is 2.00. The van der Waals surface area contributed by atoms with Crippen LogP contribution in [0.3, 0.4) is 0 Å². The Labute approximate surface area is 116 Å². The minimum Gasteiger partial charge on any atom is -0.493 e. The molecule has 1 aliphatic rings. The van der Waals surface area contributed by atoms with E-state index in [1.165, 1.54) is 6.07 Å². The number of aliphatic imine (C=N–C) groups is 1. The van der Waals surface area contributed by atoms with Crippen LogP contribution in [0.4, 0.5) is 5.69 Å². The van der Waals surface area contributed by atoms with Gasteiger partial charge in [0.15, 0.2) is 0 Å². The van der Waals surface area contributed by atoms with Crippen molar-refractivity contribution in [1.29, 1.82) is 0 Å². The number of hydrogen-bond donors (Lipinski definition) is 1. The summed E-state index contributed by atoms with van der Waals surface area (Å²) in [5.74, 6) is 1.37. The zero-order valence-corrected chi connectivity index (χ0v) is 11.5. The average Bonchev–Trinajstić information content (AvgIpc) is 2.93. The first-order chi connectivity index (χ1) is 9.67. The SMILES string of the molecule is CCOc1cc(OCC)c([N+](=O)[O-])cc1C1=NCCN1. The van der Waals surface area contributed by atoms with Crippen molar-refractivity contribution in [2.45, 2.75) is 13.8 Å². The molecule has 1 aromatic rings. The molecular formula is C13H17N3O4. The molecule has 7 nitrogen and oxygen atoms in total. The summed E-state index contributed by atoms with van der Waals surface area (Å²) in [6.45, 7) is 5.83. The fraction of sp³-hybridized carbons (Fsp3) is 0.462. The van der Waals surface area contributed by atoms with Crippen LogP contribution in [-0.2, 0) is 0 Å². The van der Waals surface area contributed by atoms with Gasteiger partial charge in [0.05, 0.1) is 30.2 Å². The van der Waals surface area contributed by atoms with Crippen LogP contribution in [0, 0.1) is 10.1 Å². The van der Waals surface area contributed by atoms with E-state index in [-0.39, 0.29) is 11.4 Å². The molecule has 1 aromatic carbocycles. The highest BCUT2D eigenvalue weighted by atomic mass is 16.6. The minimum atomic E-state index is -0.459. The largest absolute Gasteiger partial charge is 0.493 e. The summed E-state index contributed by atoms with van der Waals surface area (Å²) in [6.07, 6.45) is 0. The van der Waals surface area contributed by atoms with Crippen LogP contribution >= 0.6 is 0 Å². The molecule has 0 saturated carbocycles. The molecule has 0 unspecified atom stereocenters. The van der Waals surface area contributed by atoms with Gasteiger partial charge in [-0.15, -0.1) is 0 Å². The molecule has 0 atom stereocenters. The van der Waals surface area contributed by atoms with E-state index < -0.39 is 4.92 Å². The summed E-state index contributed by atoms with van der Waals surface area (Å²) in [5.41, 5.74) is 0.515. The van der Waals surface area contributed by atoms with Gasteiger partial charge in [0.1, 0.15) is 11.6 Å². The second-order valence-electron chi connectivity index (χ2n) is 4.10. The van der Waals surface area contributed by atoms with Gasteiger partial charge in [-0.05, 0) is 13.8 Å². The molecule has 0 fully saturated rings. The van der Waals surface area contributed by atoms with Crippen molar-refractivity contribution in [3.05, 3.63) is 27.8 Å². The van der Waals surface area contributed by atoms with E-state index in [4.69, 9.17) is 9.47 Å². The number of amidine groups is 1. The summed E-state index contributed by atoms with van der Waals surface area (Å²) in [5, 5.41) is 14.3. The quantitative estimate of drug-likeness (QED) is 0.633. The summed E-state index contributed by atoms with van der Waals surface area (Å²) < 4.78 is 10.9. The van der Waals surface area contributed by atoms with Gasteiger partial charge in [-0.1, -0.05) is 0 Å². The van der Waals surface area contributed by atoms with E-state index in [1.807, 2.05) is 6.92 Å². The standard InChI is InChI=1S/C13H17N3O4/c1-3-19-11-8-12(20-4-2)10(16(17)18)7-9(11)13-14-5-6-15-13/h7-8H,3-6H2,1-2H3,(H,14,15). The number of nitrogens with zero attached hydrogens (tertiary/aromatic N) is 2. The minimum absolute atomic E-state index is 0.0818. The Morgan fingerprint density at radius 3 is 2.55 bits per heavy atom. The van der Waals surface area contributed by atoms with Crippen LogP contribution in [0.25, 0.3) is 0 Å². The number of nitro groups is 1. The third-order valence-electron chi connectivity index (χ3n) is 2.79. The molecule has 0 bridgehead atoms. The van der Waals surface area contributed by atoms with Crippen LogP contribution in [0.5, 0.6) is 11.5 Å². The third-order valence-corrected chi connectivity index (χ3v) is 2.79. The lowest BCUT2D eigenvalue weighted by molar-refractivity contribution is -0.385. The van der Waals surface area contributed by atoms with Crippen molar-refractivity contribution in [3.63, 3.8) is 0 Å². The molecule has 2 rings (SSSR count). The van der Waals surface area contributed by atoms with Crippen molar-refractivity contribution in [2.75, 3.05) is 26.3 Å². The maximum atomic E-state index is 11.2. The molecular weight excluding hydrogens is 262 g/mol. The van der Waals surface area contributed by atoms with E-state index in [9.17, 15) is 10.1 Å². The summed E-state index contributed by atoms with van der Waals surface area (Å²) in [7, 11) is 0. The molecule has 0 spiro atoms. The van der Waals surface area contributed by atoms with E-state index in [2.05, 4.69) is 10.3 Å². The Morgan fingerprint density at radius 2 is 2.00 bits per heavy atom. The van der Waals surface area contributed by atoms with Crippen LogP contribution in [0.15, 0.2) is 17.1 Å². The van der Waals surface area contributed by atoms with Gasteiger partial charge >= 0.3 is 5.69 Å². The number of ether oxygens (including phenoxy) is 2. The summed E-state index contributed by atoms with van der Waals surface area (Å²) >= 11 is 0. The van der Waals surface area contributed by atoms with Gasteiger partial charge in [0, 0.05) is 18.7 Å². The Balaban J connectivity index is 2.52. The first-order valence-corrected chi connectivity index (χ1v) is 6.54. The van der Waals surface area contributed by atoms with E-state index in [0.717, 1.165) is 6.54 Å². The molecule has 0 aliphatic carbocycles. The highest BCUT2D eigenvalue weighted by Gasteiger charge is 2.23. The van der Waals surface area contributed by atoms with E-state index >= 15 is 0 Å². The number of nitrogens with one attached hydrogen (secondary N) is 1. The normalized spacial score (nSPS) is 13.6. The Hall–Kier alpha value is -2.31. The van der Waals surface area contributed by atoms with Crippen LogP contribution < -0.4 is 14.8 Å².